The molecule has 3 heteroatoms. The van der Waals surface area contributed by atoms with E-state index in [-0.39, 0.29) is 5.82 Å². The molecule has 2 nitrogen and oxygen atoms in total. The van der Waals surface area contributed by atoms with Gasteiger partial charge in [0, 0.05) is 12.6 Å². The zero-order valence-corrected chi connectivity index (χ0v) is 11.9. The van der Waals surface area contributed by atoms with Gasteiger partial charge in [0.15, 0.2) is 0 Å². The molecule has 0 aromatic heterocycles. The third-order valence-corrected chi connectivity index (χ3v) is 4.69. The molecule has 1 N–H and O–H groups in total. The van der Waals surface area contributed by atoms with Crippen LogP contribution in [0, 0.1) is 5.82 Å². The van der Waals surface area contributed by atoms with E-state index in [9.17, 15) is 4.39 Å². The first-order valence-corrected chi connectivity index (χ1v) is 7.69. The number of piperidine rings is 1. The molecular weight excluding hydrogens is 263 g/mol. The maximum absolute atomic E-state index is 13.5. The molecule has 0 amide bonds. The Hall–Kier alpha value is -2.03. The van der Waals surface area contributed by atoms with Crippen molar-refractivity contribution >= 4 is 11.4 Å². The summed E-state index contributed by atoms with van der Waals surface area (Å²) >= 11 is 0. The number of halogens is 1. The van der Waals surface area contributed by atoms with E-state index in [4.69, 9.17) is 0 Å². The number of anilines is 2. The molecule has 21 heavy (non-hydrogen) atoms. The highest BCUT2D eigenvalue weighted by molar-refractivity contribution is 5.73. The number of benzene rings is 2. The second-order valence-corrected chi connectivity index (χ2v) is 5.96. The average Bonchev–Trinajstić information content (AvgIpc) is 2.54. The summed E-state index contributed by atoms with van der Waals surface area (Å²) in [6.07, 6.45) is 3.61. The van der Waals surface area contributed by atoms with E-state index in [1.54, 1.807) is 12.1 Å². The van der Waals surface area contributed by atoms with E-state index < -0.39 is 0 Å². The van der Waals surface area contributed by atoms with E-state index in [1.165, 1.54) is 18.4 Å². The van der Waals surface area contributed by atoms with Crippen molar-refractivity contribution in [1.82, 2.24) is 0 Å². The molecule has 0 saturated carbocycles. The van der Waals surface area contributed by atoms with Gasteiger partial charge in [-0.25, -0.2) is 4.39 Å². The molecule has 2 aromatic rings. The van der Waals surface area contributed by atoms with Gasteiger partial charge in [0.05, 0.1) is 17.4 Å². The summed E-state index contributed by atoms with van der Waals surface area (Å²) in [7, 11) is 0. The Kier molecular flexibility index (Phi) is 3.06. The largest absolute Gasteiger partial charge is 0.381 e. The third kappa shape index (κ3) is 2.17. The Bertz CT molecular complexity index is 641. The van der Waals surface area contributed by atoms with E-state index in [1.807, 2.05) is 6.07 Å². The van der Waals surface area contributed by atoms with Crippen molar-refractivity contribution in [3.8, 4) is 0 Å². The molecule has 0 unspecified atom stereocenters. The molecular formula is C18H19FN2. The molecule has 2 atom stereocenters. The van der Waals surface area contributed by atoms with Crippen molar-refractivity contribution in [2.45, 2.75) is 31.3 Å². The van der Waals surface area contributed by atoms with Crippen molar-refractivity contribution in [1.29, 1.82) is 0 Å². The minimum atomic E-state index is -0.173. The third-order valence-electron chi connectivity index (χ3n) is 4.69. The van der Waals surface area contributed by atoms with E-state index in [0.29, 0.717) is 12.1 Å². The first-order valence-electron chi connectivity index (χ1n) is 7.69. The molecule has 108 valence electrons. The van der Waals surface area contributed by atoms with Gasteiger partial charge in [0.1, 0.15) is 5.82 Å². The van der Waals surface area contributed by atoms with Crippen molar-refractivity contribution in [2.75, 3.05) is 16.8 Å². The van der Waals surface area contributed by atoms with Crippen LogP contribution in [0.25, 0.3) is 0 Å². The van der Waals surface area contributed by atoms with Gasteiger partial charge in [-0.05, 0) is 43.0 Å². The Morgan fingerprint density at radius 3 is 2.76 bits per heavy atom. The second kappa shape index (κ2) is 5.06. The zero-order valence-electron chi connectivity index (χ0n) is 11.9. The molecule has 1 fully saturated rings. The lowest BCUT2D eigenvalue weighted by Gasteiger charge is -2.48. The lowest BCUT2D eigenvalue weighted by Crippen LogP contribution is -2.48. The van der Waals surface area contributed by atoms with Gasteiger partial charge in [-0.1, -0.05) is 30.3 Å². The summed E-state index contributed by atoms with van der Waals surface area (Å²) in [5, 5.41) is 3.39. The van der Waals surface area contributed by atoms with Crippen molar-refractivity contribution in [2.24, 2.45) is 0 Å². The molecule has 0 aliphatic carbocycles. The minimum Gasteiger partial charge on any atom is -0.381 e. The Morgan fingerprint density at radius 2 is 1.90 bits per heavy atom. The Morgan fingerprint density at radius 1 is 1.05 bits per heavy atom. The molecule has 0 spiro atoms. The molecule has 2 aliphatic heterocycles. The minimum absolute atomic E-state index is 0.173. The number of rotatable bonds is 1. The highest BCUT2D eigenvalue weighted by Gasteiger charge is 2.35. The van der Waals surface area contributed by atoms with Gasteiger partial charge in [0.25, 0.3) is 0 Å². The molecule has 4 rings (SSSR count). The van der Waals surface area contributed by atoms with Crippen LogP contribution in [0.3, 0.4) is 0 Å². The Balaban J connectivity index is 1.78. The van der Waals surface area contributed by atoms with Gasteiger partial charge in [-0.2, -0.15) is 0 Å². The SMILES string of the molecule is Fc1ccc2c(c1)NC[C@H]1CCC[C@@H](c3ccccc3)N21. The molecule has 1 saturated heterocycles. The summed E-state index contributed by atoms with van der Waals surface area (Å²) in [5.74, 6) is -0.173. The maximum Gasteiger partial charge on any atom is 0.125 e. The number of fused-ring (bicyclic) bond motifs is 3. The fraction of sp³-hybridized carbons (Fsp3) is 0.333. The van der Waals surface area contributed by atoms with Crippen molar-refractivity contribution < 1.29 is 4.39 Å². The first-order chi connectivity index (χ1) is 10.3. The summed E-state index contributed by atoms with van der Waals surface area (Å²) in [5.41, 5.74) is 3.43. The summed E-state index contributed by atoms with van der Waals surface area (Å²) in [6.45, 7) is 0.903. The van der Waals surface area contributed by atoms with Crippen LogP contribution in [0.2, 0.25) is 0 Å². The normalized spacial score (nSPS) is 24.0. The molecule has 2 heterocycles. The molecule has 0 bridgehead atoms. The second-order valence-electron chi connectivity index (χ2n) is 5.96. The standard InChI is InChI=1S/C18H19FN2/c19-14-9-10-18-16(11-14)20-12-15-7-4-8-17(21(15)18)13-5-2-1-3-6-13/h1-3,5-6,9-11,15,17,20H,4,7-8,12H2/t15-,17+/m1/s1. The van der Waals surface area contributed by atoms with Crippen molar-refractivity contribution in [3.63, 3.8) is 0 Å². The van der Waals surface area contributed by atoms with Crippen LogP contribution in [-0.2, 0) is 0 Å². The molecule has 2 aromatic carbocycles. The number of nitrogens with one attached hydrogen (secondary N) is 1. The number of nitrogens with zero attached hydrogens (tertiary/aromatic N) is 1. The Labute approximate surface area is 124 Å². The van der Waals surface area contributed by atoms with Crippen LogP contribution in [0.1, 0.15) is 30.9 Å². The predicted octanol–water partition coefficient (Wildman–Crippen LogP) is 4.35. The van der Waals surface area contributed by atoms with Crippen LogP contribution in [0.5, 0.6) is 0 Å². The van der Waals surface area contributed by atoms with Crippen LogP contribution in [0.4, 0.5) is 15.8 Å². The van der Waals surface area contributed by atoms with E-state index in [0.717, 1.165) is 24.3 Å². The van der Waals surface area contributed by atoms with Gasteiger partial charge >= 0.3 is 0 Å². The number of hydrogen-bond acceptors (Lipinski definition) is 2. The lowest BCUT2D eigenvalue weighted by atomic mass is 9.88. The highest BCUT2D eigenvalue weighted by atomic mass is 19.1. The quantitative estimate of drug-likeness (QED) is 0.836. The molecule has 0 radical (unpaired) electrons. The summed E-state index contributed by atoms with van der Waals surface area (Å²) < 4.78 is 13.5. The summed E-state index contributed by atoms with van der Waals surface area (Å²) in [4.78, 5) is 2.50. The zero-order chi connectivity index (χ0) is 14.2. The fourth-order valence-electron chi connectivity index (χ4n) is 3.75. The van der Waals surface area contributed by atoms with Crippen LogP contribution in [-0.4, -0.2) is 12.6 Å². The average molecular weight is 282 g/mol. The smallest absolute Gasteiger partial charge is 0.125 e. The fourth-order valence-corrected chi connectivity index (χ4v) is 3.75. The van der Waals surface area contributed by atoms with Crippen LogP contribution in [0.15, 0.2) is 48.5 Å². The van der Waals surface area contributed by atoms with Gasteiger partial charge < -0.3 is 10.2 Å². The van der Waals surface area contributed by atoms with Crippen LogP contribution >= 0.6 is 0 Å². The predicted molar refractivity (Wildman–Crippen MR) is 84.2 cm³/mol. The van der Waals surface area contributed by atoms with E-state index >= 15 is 0 Å². The van der Waals surface area contributed by atoms with Gasteiger partial charge in [-0.15, -0.1) is 0 Å². The first kappa shape index (κ1) is 12.7. The van der Waals surface area contributed by atoms with Gasteiger partial charge in [-0.3, -0.25) is 0 Å². The molecule has 2 aliphatic rings. The topological polar surface area (TPSA) is 15.3 Å². The lowest BCUT2D eigenvalue weighted by molar-refractivity contribution is 0.391. The monoisotopic (exact) mass is 282 g/mol. The maximum atomic E-state index is 13.5. The van der Waals surface area contributed by atoms with Crippen LogP contribution < -0.4 is 10.2 Å². The highest BCUT2D eigenvalue weighted by Crippen LogP contribution is 2.43. The summed E-state index contributed by atoms with van der Waals surface area (Å²) in [6, 6.07) is 16.7. The van der Waals surface area contributed by atoms with E-state index in [2.05, 4.69) is 40.5 Å². The number of hydrogen-bond donors (Lipinski definition) is 1. The van der Waals surface area contributed by atoms with Crippen molar-refractivity contribution in [3.05, 3.63) is 59.9 Å². The van der Waals surface area contributed by atoms with Gasteiger partial charge in [0.2, 0.25) is 0 Å².